The molecule has 0 bridgehead atoms. The van der Waals surface area contributed by atoms with E-state index in [1.54, 1.807) is 0 Å². The van der Waals surface area contributed by atoms with Gasteiger partial charge in [-0.25, -0.2) is 0 Å². The van der Waals surface area contributed by atoms with Gasteiger partial charge >= 0.3 is 0 Å². The molecule has 0 rings (SSSR count). The fourth-order valence-electron chi connectivity index (χ4n) is 0.842. The highest BCUT2D eigenvalue weighted by Gasteiger charge is 2.00. The third kappa shape index (κ3) is 14.7. The van der Waals surface area contributed by atoms with Crippen molar-refractivity contribution < 1.29 is 4.74 Å². The highest BCUT2D eigenvalue weighted by Crippen LogP contribution is 1.98. The van der Waals surface area contributed by atoms with Crippen LogP contribution >= 0.6 is 0 Å². The predicted octanol–water partition coefficient (Wildman–Crippen LogP) is 2.78. The molecule has 0 fully saturated rings. The van der Waals surface area contributed by atoms with Crippen molar-refractivity contribution in [3.63, 3.8) is 0 Å². The zero-order valence-electron chi connectivity index (χ0n) is 10.3. The lowest BCUT2D eigenvalue weighted by molar-refractivity contribution is 0.0560. The second-order valence-corrected chi connectivity index (χ2v) is 3.27. The Hall–Kier alpha value is -0.0800. The maximum atomic E-state index is 5.51. The quantitative estimate of drug-likeness (QED) is 0.637. The number of nitrogens with zero attached hydrogens (tertiary/aromatic N) is 1. The largest absolute Gasteiger partial charge is 0.378 e. The van der Waals surface area contributed by atoms with E-state index in [1.165, 1.54) is 0 Å². The van der Waals surface area contributed by atoms with Gasteiger partial charge in [-0.1, -0.05) is 20.8 Å². The van der Waals surface area contributed by atoms with Gasteiger partial charge in [-0.3, -0.25) is 0 Å². The van der Waals surface area contributed by atoms with Gasteiger partial charge < -0.3 is 9.64 Å². The van der Waals surface area contributed by atoms with Crippen molar-refractivity contribution >= 4 is 0 Å². The van der Waals surface area contributed by atoms with Crippen LogP contribution in [0.25, 0.3) is 0 Å². The van der Waals surface area contributed by atoms with Crippen molar-refractivity contribution in [3.05, 3.63) is 0 Å². The molecule has 0 saturated carbocycles. The van der Waals surface area contributed by atoms with Crippen LogP contribution in [0.1, 0.15) is 40.5 Å². The summed E-state index contributed by atoms with van der Waals surface area (Å²) in [7, 11) is 4.18. The minimum absolute atomic E-state index is 0.414. The van der Waals surface area contributed by atoms with Gasteiger partial charge in [0.25, 0.3) is 0 Å². The summed E-state index contributed by atoms with van der Waals surface area (Å²) in [5, 5.41) is 0. The molecule has 1 unspecified atom stereocenters. The molecule has 2 heteroatoms. The summed E-state index contributed by atoms with van der Waals surface area (Å²) in [5.41, 5.74) is 0. The molecule has 0 saturated heterocycles. The molecule has 0 radical (unpaired) electrons. The monoisotopic (exact) mass is 189 g/mol. The summed E-state index contributed by atoms with van der Waals surface area (Å²) in [5.74, 6) is 0. The lowest BCUT2D eigenvalue weighted by Gasteiger charge is -2.15. The van der Waals surface area contributed by atoms with E-state index in [2.05, 4.69) is 32.8 Å². The van der Waals surface area contributed by atoms with Crippen LogP contribution in [0.4, 0.5) is 0 Å². The second-order valence-electron chi connectivity index (χ2n) is 3.27. The van der Waals surface area contributed by atoms with E-state index < -0.39 is 0 Å². The fourth-order valence-corrected chi connectivity index (χ4v) is 0.842. The number of rotatable bonds is 6. The van der Waals surface area contributed by atoms with Gasteiger partial charge in [0.05, 0.1) is 6.10 Å². The first-order valence-electron chi connectivity index (χ1n) is 5.43. The normalized spacial score (nSPS) is 12.2. The van der Waals surface area contributed by atoms with Crippen molar-refractivity contribution in [2.75, 3.05) is 27.2 Å². The van der Waals surface area contributed by atoms with Crippen molar-refractivity contribution in [2.24, 2.45) is 0 Å². The molecule has 0 aliphatic carbocycles. The second kappa shape index (κ2) is 11.9. The fraction of sp³-hybridized carbons (Fsp3) is 1.00. The average Bonchev–Trinajstić information content (AvgIpc) is 2.14. The van der Waals surface area contributed by atoms with E-state index in [0.29, 0.717) is 6.10 Å². The average molecular weight is 189 g/mol. The molecule has 0 amide bonds. The van der Waals surface area contributed by atoms with Crippen LogP contribution in [0.3, 0.4) is 0 Å². The van der Waals surface area contributed by atoms with Crippen LogP contribution in [0.2, 0.25) is 0 Å². The minimum atomic E-state index is 0.414. The van der Waals surface area contributed by atoms with Crippen molar-refractivity contribution in [3.8, 4) is 0 Å². The highest BCUT2D eigenvalue weighted by molar-refractivity contribution is 4.52. The first-order valence-corrected chi connectivity index (χ1v) is 5.43. The molecule has 2 nitrogen and oxygen atoms in total. The summed E-state index contributed by atoms with van der Waals surface area (Å²) in [6, 6.07) is 0. The Balaban J connectivity index is 0. The van der Waals surface area contributed by atoms with E-state index in [4.69, 9.17) is 4.74 Å². The first-order chi connectivity index (χ1) is 6.16. The molecule has 0 aromatic carbocycles. The lowest BCUT2D eigenvalue weighted by atomic mass is 10.3. The molecular weight excluding hydrogens is 162 g/mol. The van der Waals surface area contributed by atoms with Crippen molar-refractivity contribution in [2.45, 2.75) is 46.6 Å². The predicted molar refractivity (Wildman–Crippen MR) is 60.2 cm³/mol. The molecule has 0 aromatic rings. The molecule has 0 N–H and O–H groups in total. The van der Waals surface area contributed by atoms with Crippen LogP contribution in [0, 0.1) is 0 Å². The summed E-state index contributed by atoms with van der Waals surface area (Å²) >= 11 is 0. The van der Waals surface area contributed by atoms with Gasteiger partial charge in [0, 0.05) is 6.61 Å². The molecule has 82 valence electrons. The molecule has 0 spiro atoms. The highest BCUT2D eigenvalue weighted by atomic mass is 16.5. The van der Waals surface area contributed by atoms with E-state index >= 15 is 0 Å². The lowest BCUT2D eigenvalue weighted by Crippen LogP contribution is -2.19. The smallest absolute Gasteiger partial charge is 0.0559 e. The minimum Gasteiger partial charge on any atom is -0.378 e. The summed E-state index contributed by atoms with van der Waals surface area (Å²) in [4.78, 5) is 2.19. The van der Waals surface area contributed by atoms with E-state index in [0.717, 1.165) is 26.0 Å². The molecule has 0 aromatic heterocycles. The van der Waals surface area contributed by atoms with Crippen molar-refractivity contribution in [1.29, 1.82) is 0 Å². The molecule has 13 heavy (non-hydrogen) atoms. The Morgan fingerprint density at radius 1 is 1.23 bits per heavy atom. The first kappa shape index (κ1) is 15.4. The maximum absolute atomic E-state index is 5.51. The van der Waals surface area contributed by atoms with Crippen LogP contribution in [-0.4, -0.2) is 38.3 Å². The Kier molecular flexibility index (Phi) is 14.1. The van der Waals surface area contributed by atoms with Crippen LogP contribution in [-0.2, 0) is 4.74 Å². The molecule has 0 heterocycles. The Morgan fingerprint density at radius 2 is 1.77 bits per heavy atom. The maximum Gasteiger partial charge on any atom is 0.0559 e. The summed E-state index contributed by atoms with van der Waals surface area (Å²) in [6.45, 7) is 10.3. The van der Waals surface area contributed by atoms with E-state index in [9.17, 15) is 0 Å². The molecule has 0 aliphatic rings. The van der Waals surface area contributed by atoms with Crippen molar-refractivity contribution in [1.82, 2.24) is 4.90 Å². The van der Waals surface area contributed by atoms with Gasteiger partial charge in [0.15, 0.2) is 0 Å². The van der Waals surface area contributed by atoms with Gasteiger partial charge in [-0.2, -0.15) is 0 Å². The Labute approximate surface area is 84.3 Å². The Morgan fingerprint density at radius 3 is 2.15 bits per heavy atom. The molecule has 0 aliphatic heterocycles. The molecular formula is C11H27NO. The van der Waals surface area contributed by atoms with Gasteiger partial charge in [-0.15, -0.1) is 0 Å². The van der Waals surface area contributed by atoms with Gasteiger partial charge in [0.2, 0.25) is 0 Å². The zero-order valence-corrected chi connectivity index (χ0v) is 10.3. The van der Waals surface area contributed by atoms with E-state index in [1.807, 2.05) is 13.8 Å². The topological polar surface area (TPSA) is 12.5 Å². The standard InChI is InChI=1S/C9H21NO.C2H6/c1-5-8-11-9(2)6-7-10(3)4;1-2/h9H,5-8H2,1-4H3;1-2H3. The third-order valence-electron chi connectivity index (χ3n) is 1.59. The number of hydrogen-bond acceptors (Lipinski definition) is 2. The number of ether oxygens (including phenoxy) is 1. The van der Waals surface area contributed by atoms with Crippen LogP contribution < -0.4 is 0 Å². The van der Waals surface area contributed by atoms with E-state index in [-0.39, 0.29) is 0 Å². The van der Waals surface area contributed by atoms with Gasteiger partial charge in [-0.05, 0) is 40.4 Å². The Bertz CT molecular complexity index is 84.2. The third-order valence-corrected chi connectivity index (χ3v) is 1.59. The van der Waals surface area contributed by atoms with Crippen LogP contribution in [0.15, 0.2) is 0 Å². The summed E-state index contributed by atoms with van der Waals surface area (Å²) < 4.78 is 5.51. The summed E-state index contributed by atoms with van der Waals surface area (Å²) in [6.07, 6.45) is 2.66. The zero-order chi connectivity index (χ0) is 10.7. The molecule has 1 atom stereocenters. The van der Waals surface area contributed by atoms with Crippen LogP contribution in [0.5, 0.6) is 0 Å². The number of hydrogen-bond donors (Lipinski definition) is 0. The van der Waals surface area contributed by atoms with Gasteiger partial charge in [0.1, 0.15) is 0 Å². The SMILES string of the molecule is CC.CCCOC(C)CCN(C)C.